The molecule has 1 saturated heterocycles. The molecule has 5 N–H and O–H groups in total. The van der Waals surface area contributed by atoms with E-state index < -0.39 is 18.1 Å². The number of likely N-dealkylation sites (tertiary alicyclic amines) is 1. The van der Waals surface area contributed by atoms with Gasteiger partial charge in [0.1, 0.15) is 12.1 Å². The number of Topliss-reactive ketones (excluding diaryl/α,β-unsaturated/α-hetero) is 1. The molecule has 4 atom stereocenters. The second kappa shape index (κ2) is 20.1. The number of rotatable bonds is 20. The average molecular weight is 618 g/mol. The Morgan fingerprint density at radius 2 is 1.70 bits per heavy atom. The lowest BCUT2D eigenvalue weighted by Crippen LogP contribution is -2.53. The fourth-order valence-corrected chi connectivity index (χ4v) is 5.30. The second-order valence-corrected chi connectivity index (χ2v) is 11.7. The van der Waals surface area contributed by atoms with Crippen molar-refractivity contribution in [3.8, 4) is 0 Å². The van der Waals surface area contributed by atoms with Gasteiger partial charge in [-0.3, -0.25) is 24.0 Å². The van der Waals surface area contributed by atoms with Crippen LogP contribution in [0.3, 0.4) is 0 Å². The summed E-state index contributed by atoms with van der Waals surface area (Å²) in [5, 5.41) is 8.66. The van der Waals surface area contributed by atoms with Gasteiger partial charge >= 0.3 is 0 Å². The van der Waals surface area contributed by atoms with Crippen molar-refractivity contribution in [1.82, 2.24) is 20.9 Å². The van der Waals surface area contributed by atoms with Crippen molar-refractivity contribution in [3.05, 3.63) is 35.9 Å². The second-order valence-electron chi connectivity index (χ2n) is 11.4. The van der Waals surface area contributed by atoms with E-state index in [1.165, 1.54) is 4.90 Å². The van der Waals surface area contributed by atoms with Crippen LogP contribution in [0.4, 0.5) is 0 Å². The molecule has 11 heteroatoms. The minimum atomic E-state index is -0.688. The first-order valence-electron chi connectivity index (χ1n) is 15.8. The number of ketones is 1. The lowest BCUT2D eigenvalue weighted by molar-refractivity contribution is -0.140. The van der Waals surface area contributed by atoms with Crippen LogP contribution >= 0.6 is 12.6 Å². The summed E-state index contributed by atoms with van der Waals surface area (Å²) in [5.74, 6) is -1.29. The number of benzene rings is 1. The van der Waals surface area contributed by atoms with Gasteiger partial charge in [-0.05, 0) is 57.1 Å². The zero-order valence-electron chi connectivity index (χ0n) is 25.8. The summed E-state index contributed by atoms with van der Waals surface area (Å²) < 4.78 is 0. The van der Waals surface area contributed by atoms with E-state index in [1.54, 1.807) is 6.92 Å². The van der Waals surface area contributed by atoms with Crippen LogP contribution in [0.15, 0.2) is 30.3 Å². The largest absolute Gasteiger partial charge is 0.354 e. The highest BCUT2D eigenvalue weighted by atomic mass is 32.1. The lowest BCUT2D eigenvalue weighted by atomic mass is 10.00. The summed E-state index contributed by atoms with van der Waals surface area (Å²) in [4.78, 5) is 66.5. The van der Waals surface area contributed by atoms with Gasteiger partial charge in [-0.25, -0.2) is 0 Å². The Morgan fingerprint density at radius 3 is 2.37 bits per heavy atom. The van der Waals surface area contributed by atoms with Crippen molar-refractivity contribution in [2.75, 3.05) is 25.4 Å². The van der Waals surface area contributed by atoms with Crippen LogP contribution < -0.4 is 21.7 Å². The van der Waals surface area contributed by atoms with E-state index in [9.17, 15) is 24.0 Å². The smallest absolute Gasteiger partial charge is 0.243 e. The molecule has 1 heterocycles. The van der Waals surface area contributed by atoms with Crippen LogP contribution in [0.2, 0.25) is 0 Å². The van der Waals surface area contributed by atoms with E-state index in [0.29, 0.717) is 63.9 Å². The molecule has 0 saturated carbocycles. The number of unbranched alkanes of at least 4 members (excludes halogenated alkanes) is 2. The van der Waals surface area contributed by atoms with Crippen molar-refractivity contribution in [1.29, 1.82) is 0 Å². The first-order chi connectivity index (χ1) is 20.7. The Labute approximate surface area is 262 Å². The Kier molecular flexibility index (Phi) is 17.0. The maximum atomic E-state index is 13.3. The summed E-state index contributed by atoms with van der Waals surface area (Å²) in [7, 11) is 0. The number of hydrogen-bond donors (Lipinski definition) is 5. The van der Waals surface area contributed by atoms with Gasteiger partial charge in [0.25, 0.3) is 0 Å². The zero-order valence-corrected chi connectivity index (χ0v) is 26.7. The van der Waals surface area contributed by atoms with Crippen LogP contribution in [-0.2, 0) is 30.4 Å². The molecule has 0 bridgehead atoms. The van der Waals surface area contributed by atoms with E-state index in [1.807, 2.05) is 37.3 Å². The number of nitrogens with one attached hydrogen (secondary N) is 3. The highest BCUT2D eigenvalue weighted by Crippen LogP contribution is 2.20. The molecule has 2 rings (SSSR count). The molecule has 1 aliphatic rings. The molecule has 1 aromatic carbocycles. The van der Waals surface area contributed by atoms with Gasteiger partial charge in [0, 0.05) is 37.6 Å². The van der Waals surface area contributed by atoms with Crippen LogP contribution in [0.5, 0.6) is 0 Å². The standard InChI is InChI=1S/C32H51N5O5S/c1-3-4-13-26(31(41)34-20-18-24-11-6-5-7-12-24)36-32(42)27-15-10-21-37(27)29(39)17-16-28(38)25(14-8-9-19-33)35-30(40)23(2)22-43/h5-7,11-12,23,25-27,43H,3-4,8-10,13-22,33H2,1-2H3,(H,34,41)(H,35,40)(H,36,42)/t23-,25-,26+,27?/m0/s1. The van der Waals surface area contributed by atoms with Crippen LogP contribution in [0.25, 0.3) is 0 Å². The predicted octanol–water partition coefficient (Wildman–Crippen LogP) is 2.54. The van der Waals surface area contributed by atoms with E-state index >= 15 is 0 Å². The molecule has 240 valence electrons. The monoisotopic (exact) mass is 617 g/mol. The maximum Gasteiger partial charge on any atom is 0.243 e. The number of nitrogens with zero attached hydrogens (tertiary/aromatic N) is 1. The Balaban J connectivity index is 1.95. The van der Waals surface area contributed by atoms with Gasteiger partial charge in [0.2, 0.25) is 23.6 Å². The van der Waals surface area contributed by atoms with E-state index in [0.717, 1.165) is 24.8 Å². The molecule has 0 radical (unpaired) electrons. The molecular weight excluding hydrogens is 566 g/mol. The minimum absolute atomic E-state index is 0.0323. The molecule has 4 amide bonds. The van der Waals surface area contributed by atoms with E-state index in [4.69, 9.17) is 5.73 Å². The minimum Gasteiger partial charge on any atom is -0.354 e. The molecule has 10 nitrogen and oxygen atoms in total. The quantitative estimate of drug-likeness (QED) is 0.112. The highest BCUT2D eigenvalue weighted by molar-refractivity contribution is 7.80. The van der Waals surface area contributed by atoms with Crippen molar-refractivity contribution in [2.24, 2.45) is 11.7 Å². The molecule has 0 spiro atoms. The molecule has 1 fully saturated rings. The molecular formula is C32H51N5O5S. The summed E-state index contributed by atoms with van der Waals surface area (Å²) in [6.45, 7) is 5.15. The SMILES string of the molecule is CCCC[C@@H](NC(=O)C1CCCN1C(=O)CCC(=O)[C@H](CCCCN)NC(=O)[C@@H](C)CS)C(=O)NCCc1ccccc1. The molecule has 0 aromatic heterocycles. The molecule has 1 aliphatic heterocycles. The molecule has 43 heavy (non-hydrogen) atoms. The van der Waals surface area contributed by atoms with Gasteiger partial charge in [-0.1, -0.05) is 57.0 Å². The topological polar surface area (TPSA) is 151 Å². The first kappa shape index (κ1) is 36.3. The lowest BCUT2D eigenvalue weighted by Gasteiger charge is -2.27. The van der Waals surface area contributed by atoms with Gasteiger partial charge in [-0.15, -0.1) is 0 Å². The van der Waals surface area contributed by atoms with Gasteiger partial charge in [0.15, 0.2) is 5.78 Å². The number of carbonyl (C=O) groups is 5. The van der Waals surface area contributed by atoms with Crippen LogP contribution in [-0.4, -0.2) is 77.8 Å². The van der Waals surface area contributed by atoms with E-state index in [2.05, 4.69) is 28.6 Å². The third-order valence-electron chi connectivity index (χ3n) is 7.87. The normalized spacial score (nSPS) is 16.7. The number of thiol groups is 1. The van der Waals surface area contributed by atoms with Gasteiger partial charge < -0.3 is 26.6 Å². The molecule has 1 unspecified atom stereocenters. The van der Waals surface area contributed by atoms with Crippen LogP contribution in [0, 0.1) is 5.92 Å². The maximum absolute atomic E-state index is 13.3. The first-order valence-corrected chi connectivity index (χ1v) is 16.4. The number of amides is 4. The summed E-state index contributed by atoms with van der Waals surface area (Å²) in [6.07, 6.45) is 5.82. The van der Waals surface area contributed by atoms with Crippen molar-refractivity contribution >= 4 is 42.0 Å². The highest BCUT2D eigenvalue weighted by Gasteiger charge is 2.36. The predicted molar refractivity (Wildman–Crippen MR) is 171 cm³/mol. The number of carbonyl (C=O) groups excluding carboxylic acids is 5. The summed E-state index contributed by atoms with van der Waals surface area (Å²) >= 11 is 4.17. The number of hydrogen-bond acceptors (Lipinski definition) is 7. The molecule has 1 aromatic rings. The fourth-order valence-electron chi connectivity index (χ4n) is 5.13. The van der Waals surface area contributed by atoms with Crippen molar-refractivity contribution < 1.29 is 24.0 Å². The Morgan fingerprint density at radius 1 is 0.977 bits per heavy atom. The molecule has 0 aliphatic carbocycles. The van der Waals surface area contributed by atoms with Gasteiger partial charge in [-0.2, -0.15) is 12.6 Å². The van der Waals surface area contributed by atoms with Crippen molar-refractivity contribution in [2.45, 2.75) is 103 Å². The summed E-state index contributed by atoms with van der Waals surface area (Å²) in [5.41, 5.74) is 6.71. The van der Waals surface area contributed by atoms with Gasteiger partial charge in [0.05, 0.1) is 6.04 Å². The number of nitrogens with two attached hydrogens (primary N) is 1. The fraction of sp³-hybridized carbons (Fsp3) is 0.656. The Hall–Kier alpha value is -2.92. The third kappa shape index (κ3) is 12.7. The van der Waals surface area contributed by atoms with Crippen LogP contribution in [0.1, 0.15) is 83.6 Å². The summed E-state index contributed by atoms with van der Waals surface area (Å²) in [6, 6.07) is 7.81. The third-order valence-corrected chi connectivity index (χ3v) is 8.42. The van der Waals surface area contributed by atoms with E-state index in [-0.39, 0.29) is 48.2 Å². The Bertz CT molecular complexity index is 1040. The van der Waals surface area contributed by atoms with Crippen molar-refractivity contribution in [3.63, 3.8) is 0 Å². The average Bonchev–Trinajstić information content (AvgIpc) is 3.51. The zero-order chi connectivity index (χ0) is 31.6.